The first-order valence-electron chi connectivity index (χ1n) is 3.16. The molecule has 1 rings (SSSR count). The second kappa shape index (κ2) is 4.01. The number of carbonyl (C=O) groups excluding carboxylic acids is 1. The monoisotopic (exact) mass is 311 g/mol. The molecule has 4 nitrogen and oxygen atoms in total. The first kappa shape index (κ1) is 10.4. The van der Waals surface area contributed by atoms with E-state index in [-0.39, 0.29) is 11.3 Å². The van der Waals surface area contributed by atoms with E-state index in [0.29, 0.717) is 3.57 Å². The van der Waals surface area contributed by atoms with E-state index in [1.807, 2.05) is 0 Å². The summed E-state index contributed by atoms with van der Waals surface area (Å²) in [4.78, 5) is 20.5. The predicted octanol–water partition coefficient (Wildman–Crippen LogP) is 2.58. The SMILES string of the molecule is O=C(Cl)c1ccc([N+](=O)[O-])c(I)c1. The Hall–Kier alpha value is -0.690. The van der Waals surface area contributed by atoms with Crippen LogP contribution in [0.25, 0.3) is 0 Å². The molecule has 0 aliphatic heterocycles. The number of nitrogens with zero attached hydrogens (tertiary/aromatic N) is 1. The molecule has 0 amide bonds. The molecule has 0 saturated carbocycles. The van der Waals surface area contributed by atoms with Crippen molar-refractivity contribution in [1.82, 2.24) is 0 Å². The average molecular weight is 311 g/mol. The van der Waals surface area contributed by atoms with Crippen LogP contribution in [0.2, 0.25) is 0 Å². The van der Waals surface area contributed by atoms with Gasteiger partial charge >= 0.3 is 0 Å². The zero-order valence-electron chi connectivity index (χ0n) is 6.16. The highest BCUT2D eigenvalue weighted by molar-refractivity contribution is 14.1. The Morgan fingerprint density at radius 3 is 2.54 bits per heavy atom. The molecule has 0 fully saturated rings. The van der Waals surface area contributed by atoms with E-state index >= 15 is 0 Å². The molecule has 13 heavy (non-hydrogen) atoms. The summed E-state index contributed by atoms with van der Waals surface area (Å²) in [7, 11) is 0. The van der Waals surface area contributed by atoms with E-state index in [4.69, 9.17) is 11.6 Å². The van der Waals surface area contributed by atoms with Crippen molar-refractivity contribution >= 4 is 45.1 Å². The van der Waals surface area contributed by atoms with Gasteiger partial charge in [0.15, 0.2) is 0 Å². The minimum Gasteiger partial charge on any atom is -0.276 e. The fourth-order valence-corrected chi connectivity index (χ4v) is 1.61. The summed E-state index contributed by atoms with van der Waals surface area (Å²) in [6.07, 6.45) is 0. The quantitative estimate of drug-likeness (QED) is 0.365. The summed E-state index contributed by atoms with van der Waals surface area (Å²) < 4.78 is 0.397. The molecule has 0 atom stereocenters. The minimum atomic E-state index is -0.618. The highest BCUT2D eigenvalue weighted by Crippen LogP contribution is 2.22. The summed E-state index contributed by atoms with van der Waals surface area (Å²) in [5, 5.41) is 9.77. The lowest BCUT2D eigenvalue weighted by atomic mass is 10.2. The Balaban J connectivity index is 3.20. The van der Waals surface area contributed by atoms with Crippen molar-refractivity contribution in [3.8, 4) is 0 Å². The lowest BCUT2D eigenvalue weighted by molar-refractivity contribution is -0.385. The van der Waals surface area contributed by atoms with Crippen LogP contribution in [0, 0.1) is 13.7 Å². The number of hydrogen-bond donors (Lipinski definition) is 0. The third-order valence-electron chi connectivity index (χ3n) is 1.37. The lowest BCUT2D eigenvalue weighted by Crippen LogP contribution is -1.95. The molecule has 1 aromatic rings. The number of benzene rings is 1. The highest BCUT2D eigenvalue weighted by atomic mass is 127. The van der Waals surface area contributed by atoms with Crippen LogP contribution in [0.5, 0.6) is 0 Å². The zero-order valence-corrected chi connectivity index (χ0v) is 9.07. The molecule has 0 aliphatic rings. The van der Waals surface area contributed by atoms with E-state index in [1.165, 1.54) is 18.2 Å². The molecule has 0 heterocycles. The van der Waals surface area contributed by atoms with Crippen LogP contribution >= 0.6 is 34.2 Å². The third kappa shape index (κ3) is 2.38. The number of hydrogen-bond acceptors (Lipinski definition) is 3. The normalized spacial score (nSPS) is 9.69. The van der Waals surface area contributed by atoms with Gasteiger partial charge in [0, 0.05) is 11.6 Å². The van der Waals surface area contributed by atoms with Crippen molar-refractivity contribution in [2.24, 2.45) is 0 Å². The van der Waals surface area contributed by atoms with Gasteiger partial charge in [0.25, 0.3) is 10.9 Å². The van der Waals surface area contributed by atoms with E-state index in [9.17, 15) is 14.9 Å². The van der Waals surface area contributed by atoms with Crippen LogP contribution in [0.3, 0.4) is 0 Å². The van der Waals surface area contributed by atoms with E-state index in [2.05, 4.69) is 0 Å². The maximum Gasteiger partial charge on any atom is 0.282 e. The zero-order chi connectivity index (χ0) is 10.0. The van der Waals surface area contributed by atoms with Gasteiger partial charge in [0.05, 0.1) is 8.49 Å². The first-order chi connectivity index (χ1) is 6.02. The number of carbonyl (C=O) groups is 1. The van der Waals surface area contributed by atoms with Crippen LogP contribution in [-0.2, 0) is 0 Å². The topological polar surface area (TPSA) is 60.2 Å². The fourth-order valence-electron chi connectivity index (χ4n) is 0.777. The minimum absolute atomic E-state index is 0.0257. The lowest BCUT2D eigenvalue weighted by Gasteiger charge is -1.96. The van der Waals surface area contributed by atoms with Gasteiger partial charge < -0.3 is 0 Å². The highest BCUT2D eigenvalue weighted by Gasteiger charge is 2.13. The summed E-state index contributed by atoms with van der Waals surface area (Å²) in [5.74, 6) is 0. The Labute approximate surface area is 92.2 Å². The van der Waals surface area contributed by atoms with E-state index < -0.39 is 10.2 Å². The number of nitro benzene ring substituents is 1. The second-order valence-corrected chi connectivity index (χ2v) is 3.70. The molecule has 0 N–H and O–H groups in total. The maximum atomic E-state index is 10.7. The molecular weight excluding hydrogens is 308 g/mol. The molecule has 0 saturated heterocycles. The van der Waals surface area contributed by atoms with Gasteiger partial charge in [-0.2, -0.15) is 0 Å². The van der Waals surface area contributed by atoms with Crippen molar-refractivity contribution in [2.75, 3.05) is 0 Å². The Morgan fingerprint density at radius 2 is 2.15 bits per heavy atom. The molecule has 0 unspecified atom stereocenters. The number of nitro groups is 1. The van der Waals surface area contributed by atoms with Gasteiger partial charge in [-0.1, -0.05) is 0 Å². The molecule has 0 radical (unpaired) electrons. The largest absolute Gasteiger partial charge is 0.282 e. The van der Waals surface area contributed by atoms with Crippen molar-refractivity contribution < 1.29 is 9.72 Å². The van der Waals surface area contributed by atoms with Gasteiger partial charge in [-0.05, 0) is 46.3 Å². The smallest absolute Gasteiger partial charge is 0.276 e. The van der Waals surface area contributed by atoms with Crippen molar-refractivity contribution in [3.63, 3.8) is 0 Å². The van der Waals surface area contributed by atoms with Crippen LogP contribution in [-0.4, -0.2) is 10.2 Å². The van der Waals surface area contributed by atoms with E-state index in [1.54, 1.807) is 22.6 Å². The first-order valence-corrected chi connectivity index (χ1v) is 4.62. The molecule has 0 aromatic heterocycles. The van der Waals surface area contributed by atoms with Gasteiger partial charge in [-0.25, -0.2) is 0 Å². The molecule has 0 bridgehead atoms. The Bertz CT molecular complexity index is 380. The number of halogens is 2. The number of rotatable bonds is 2. The fraction of sp³-hybridized carbons (Fsp3) is 0. The van der Waals surface area contributed by atoms with Gasteiger partial charge in [0.2, 0.25) is 0 Å². The van der Waals surface area contributed by atoms with Crippen molar-refractivity contribution in [3.05, 3.63) is 37.4 Å². The van der Waals surface area contributed by atoms with Crippen LogP contribution in [0.15, 0.2) is 18.2 Å². The third-order valence-corrected chi connectivity index (χ3v) is 2.45. The molecule has 0 aliphatic carbocycles. The van der Waals surface area contributed by atoms with Crippen LogP contribution < -0.4 is 0 Å². The Morgan fingerprint density at radius 1 is 1.54 bits per heavy atom. The van der Waals surface area contributed by atoms with Gasteiger partial charge in [-0.15, -0.1) is 0 Å². The van der Waals surface area contributed by atoms with Crippen molar-refractivity contribution in [2.45, 2.75) is 0 Å². The molecule has 1 aromatic carbocycles. The molecular formula is C7H3ClINO3. The van der Waals surface area contributed by atoms with E-state index in [0.717, 1.165) is 0 Å². The van der Waals surface area contributed by atoms with Crippen LogP contribution in [0.4, 0.5) is 5.69 Å². The average Bonchev–Trinajstić information content (AvgIpc) is 2.03. The predicted molar refractivity (Wildman–Crippen MR) is 56.0 cm³/mol. The molecule has 68 valence electrons. The second-order valence-electron chi connectivity index (χ2n) is 2.20. The van der Waals surface area contributed by atoms with Crippen LogP contribution in [0.1, 0.15) is 10.4 Å². The van der Waals surface area contributed by atoms with Gasteiger partial charge in [-0.3, -0.25) is 14.9 Å². The molecule has 0 spiro atoms. The maximum absolute atomic E-state index is 10.7. The Kier molecular flexibility index (Phi) is 3.21. The standard InChI is InChI=1S/C7H3ClINO3/c8-7(11)4-1-2-6(10(12)13)5(9)3-4/h1-3H. The van der Waals surface area contributed by atoms with Crippen molar-refractivity contribution in [1.29, 1.82) is 0 Å². The summed E-state index contributed by atoms with van der Waals surface area (Å²) in [5.41, 5.74) is 0.235. The summed E-state index contributed by atoms with van der Waals surface area (Å²) in [6, 6.07) is 3.97. The van der Waals surface area contributed by atoms with Gasteiger partial charge in [0.1, 0.15) is 0 Å². The molecule has 6 heteroatoms. The summed E-state index contributed by atoms with van der Waals surface area (Å²) in [6.45, 7) is 0. The summed E-state index contributed by atoms with van der Waals surface area (Å²) >= 11 is 6.98.